The predicted molar refractivity (Wildman–Crippen MR) is 180 cm³/mol. The molecule has 1 aliphatic carbocycles. The Balaban J connectivity index is 1.02. The van der Waals surface area contributed by atoms with Crippen LogP contribution in [0.5, 0.6) is 0 Å². The minimum atomic E-state index is -0.632. The fourth-order valence-corrected chi connectivity index (χ4v) is 8.03. The lowest BCUT2D eigenvalue weighted by Crippen LogP contribution is -2.56. The van der Waals surface area contributed by atoms with Crippen molar-refractivity contribution < 1.29 is 9.59 Å². The van der Waals surface area contributed by atoms with Crippen molar-refractivity contribution in [2.75, 3.05) is 44.2 Å². The van der Waals surface area contributed by atoms with Crippen molar-refractivity contribution in [3.63, 3.8) is 0 Å². The fraction of sp³-hybridized carbons (Fsp3) is 0.459. The SMILES string of the molecule is O=C(CC1NCc2ccccc21)NC(Cc1ccc(Cl)cc1)C(=O)N1CCN(c2cccc3c2CC(N2CCCC2)CC3)CC1. The molecule has 7 nitrogen and oxygen atoms in total. The largest absolute Gasteiger partial charge is 0.368 e. The third-order valence-electron chi connectivity index (χ3n) is 10.4. The van der Waals surface area contributed by atoms with Gasteiger partial charge >= 0.3 is 0 Å². The Morgan fingerprint density at radius 2 is 1.64 bits per heavy atom. The smallest absolute Gasteiger partial charge is 0.245 e. The second kappa shape index (κ2) is 13.5. The molecule has 4 aliphatic rings. The molecule has 2 amide bonds. The number of carbonyl (C=O) groups is 2. The highest BCUT2D eigenvalue weighted by Crippen LogP contribution is 2.34. The highest BCUT2D eigenvalue weighted by Gasteiger charge is 2.33. The highest BCUT2D eigenvalue weighted by atomic mass is 35.5. The van der Waals surface area contributed by atoms with Gasteiger partial charge in [-0.15, -0.1) is 0 Å². The number of anilines is 1. The van der Waals surface area contributed by atoms with Gasteiger partial charge in [-0.25, -0.2) is 0 Å². The molecule has 8 heteroatoms. The summed E-state index contributed by atoms with van der Waals surface area (Å²) in [5, 5.41) is 7.24. The van der Waals surface area contributed by atoms with Gasteiger partial charge in [0.25, 0.3) is 0 Å². The summed E-state index contributed by atoms with van der Waals surface area (Å²) in [5.41, 5.74) is 7.72. The van der Waals surface area contributed by atoms with Gasteiger partial charge in [0.15, 0.2) is 0 Å². The van der Waals surface area contributed by atoms with Crippen LogP contribution >= 0.6 is 11.6 Å². The van der Waals surface area contributed by atoms with Crippen LogP contribution < -0.4 is 15.5 Å². The molecular weight excluding hydrogens is 582 g/mol. The fourth-order valence-electron chi connectivity index (χ4n) is 7.91. The number of benzene rings is 3. The van der Waals surface area contributed by atoms with E-state index < -0.39 is 6.04 Å². The van der Waals surface area contributed by atoms with Crippen LogP contribution in [0.3, 0.4) is 0 Å². The highest BCUT2D eigenvalue weighted by molar-refractivity contribution is 6.30. The topological polar surface area (TPSA) is 67.9 Å². The van der Waals surface area contributed by atoms with Crippen molar-refractivity contribution in [1.82, 2.24) is 20.4 Å². The molecule has 3 heterocycles. The normalized spacial score (nSPS) is 22.2. The van der Waals surface area contributed by atoms with Gasteiger partial charge in [0.1, 0.15) is 6.04 Å². The quantitative estimate of drug-likeness (QED) is 0.373. The Hall–Kier alpha value is -3.39. The zero-order valence-electron chi connectivity index (χ0n) is 26.0. The zero-order chi connectivity index (χ0) is 30.8. The van der Waals surface area contributed by atoms with E-state index in [4.69, 9.17) is 11.6 Å². The molecule has 2 N–H and O–H groups in total. The summed E-state index contributed by atoms with van der Waals surface area (Å²) in [6.07, 6.45) is 6.91. The van der Waals surface area contributed by atoms with Gasteiger partial charge in [-0.2, -0.15) is 0 Å². The van der Waals surface area contributed by atoms with Crippen molar-refractivity contribution in [3.8, 4) is 0 Å². The molecule has 3 unspecified atom stereocenters. The molecule has 2 saturated heterocycles. The number of hydrogen-bond donors (Lipinski definition) is 2. The molecule has 0 spiro atoms. The standard InChI is InChI=1S/C37H44ClN5O2/c38-29-13-10-26(11-14-29)22-34(40-36(44)24-33-31-8-2-1-6-28(31)25-39-33)37(45)43-20-18-42(19-21-43)35-9-5-7-27-12-15-30(23-32(27)35)41-16-3-4-17-41/h1-2,5-11,13-14,30,33-34,39H,3-4,12,15-25H2,(H,40,44). The number of amides is 2. The van der Waals surface area contributed by atoms with Crippen LogP contribution in [0.2, 0.25) is 5.02 Å². The minimum absolute atomic E-state index is 0.0121. The number of nitrogens with zero attached hydrogens (tertiary/aromatic N) is 3. The maximum Gasteiger partial charge on any atom is 0.245 e. The van der Waals surface area contributed by atoms with Gasteiger partial charge in [0.2, 0.25) is 11.8 Å². The third kappa shape index (κ3) is 6.76. The third-order valence-corrected chi connectivity index (χ3v) is 10.6. The number of nitrogens with one attached hydrogen (secondary N) is 2. The Morgan fingerprint density at radius 1 is 0.889 bits per heavy atom. The molecule has 0 radical (unpaired) electrons. The van der Waals surface area contributed by atoms with E-state index in [-0.39, 0.29) is 17.9 Å². The van der Waals surface area contributed by atoms with E-state index in [9.17, 15) is 9.59 Å². The molecule has 45 heavy (non-hydrogen) atoms. The van der Waals surface area contributed by atoms with Gasteiger partial charge in [0.05, 0.1) is 0 Å². The monoisotopic (exact) mass is 625 g/mol. The number of fused-ring (bicyclic) bond motifs is 2. The molecule has 3 aromatic rings. The van der Waals surface area contributed by atoms with E-state index in [0.717, 1.165) is 38.0 Å². The second-order valence-electron chi connectivity index (χ2n) is 13.2. The van der Waals surface area contributed by atoms with Crippen molar-refractivity contribution in [1.29, 1.82) is 0 Å². The average molecular weight is 626 g/mol. The number of rotatable bonds is 8. The number of aryl methyl sites for hydroxylation is 1. The van der Waals surface area contributed by atoms with E-state index in [0.29, 0.717) is 37.0 Å². The molecule has 0 aromatic heterocycles. The lowest BCUT2D eigenvalue weighted by Gasteiger charge is -2.40. The summed E-state index contributed by atoms with van der Waals surface area (Å²) in [6.45, 7) is 6.10. The van der Waals surface area contributed by atoms with Crippen molar-refractivity contribution in [2.24, 2.45) is 0 Å². The number of piperazine rings is 1. The molecule has 3 aromatic carbocycles. The predicted octanol–water partition coefficient (Wildman–Crippen LogP) is 4.90. The Kier molecular flexibility index (Phi) is 9.11. The molecule has 3 atom stereocenters. The van der Waals surface area contributed by atoms with Crippen LogP contribution in [0.4, 0.5) is 5.69 Å². The lowest BCUT2D eigenvalue weighted by atomic mass is 9.86. The molecule has 236 valence electrons. The van der Waals surface area contributed by atoms with Gasteiger partial charge < -0.3 is 25.3 Å². The van der Waals surface area contributed by atoms with E-state index in [1.54, 1.807) is 0 Å². The maximum absolute atomic E-state index is 14.1. The Labute approximate surface area is 271 Å². The van der Waals surface area contributed by atoms with Gasteiger partial charge in [-0.05, 0) is 91.2 Å². The van der Waals surface area contributed by atoms with Gasteiger partial charge in [0, 0.05) is 68.4 Å². The zero-order valence-corrected chi connectivity index (χ0v) is 26.8. The first-order chi connectivity index (χ1) is 22.0. The van der Waals surface area contributed by atoms with Crippen molar-refractivity contribution in [2.45, 2.75) is 69.6 Å². The molecular formula is C37H44ClN5O2. The maximum atomic E-state index is 14.1. The second-order valence-corrected chi connectivity index (χ2v) is 13.6. The molecule has 0 saturated carbocycles. The Bertz CT molecular complexity index is 1510. The summed E-state index contributed by atoms with van der Waals surface area (Å²) >= 11 is 6.14. The number of hydrogen-bond acceptors (Lipinski definition) is 5. The average Bonchev–Trinajstić information content (AvgIpc) is 3.76. The first-order valence-corrected chi connectivity index (χ1v) is 17.1. The summed E-state index contributed by atoms with van der Waals surface area (Å²) in [7, 11) is 0. The number of halogens is 1. The first kappa shape index (κ1) is 30.3. The van der Waals surface area contributed by atoms with Gasteiger partial charge in [-0.3, -0.25) is 9.59 Å². The van der Waals surface area contributed by atoms with E-state index in [1.165, 1.54) is 60.3 Å². The molecule has 7 rings (SSSR count). The van der Waals surface area contributed by atoms with E-state index in [2.05, 4.69) is 50.8 Å². The van der Waals surface area contributed by atoms with E-state index >= 15 is 0 Å². The number of likely N-dealkylation sites (tertiary alicyclic amines) is 1. The van der Waals surface area contributed by atoms with Crippen LogP contribution in [0.15, 0.2) is 66.7 Å². The van der Waals surface area contributed by atoms with Crippen LogP contribution in [0, 0.1) is 0 Å². The summed E-state index contributed by atoms with van der Waals surface area (Å²) < 4.78 is 0. The van der Waals surface area contributed by atoms with Crippen molar-refractivity contribution >= 4 is 29.1 Å². The summed E-state index contributed by atoms with van der Waals surface area (Å²) in [4.78, 5) is 34.6. The van der Waals surface area contributed by atoms with Crippen LogP contribution in [-0.2, 0) is 35.4 Å². The van der Waals surface area contributed by atoms with E-state index in [1.807, 2.05) is 41.3 Å². The lowest BCUT2D eigenvalue weighted by molar-refractivity contribution is -0.136. The Morgan fingerprint density at radius 3 is 2.44 bits per heavy atom. The molecule has 0 bridgehead atoms. The minimum Gasteiger partial charge on any atom is -0.368 e. The molecule has 3 aliphatic heterocycles. The van der Waals surface area contributed by atoms with Gasteiger partial charge in [-0.1, -0.05) is 60.1 Å². The summed E-state index contributed by atoms with van der Waals surface area (Å²) in [6, 6.07) is 22.6. The summed E-state index contributed by atoms with van der Waals surface area (Å²) in [5.74, 6) is -0.124. The van der Waals surface area contributed by atoms with Crippen LogP contribution in [0.25, 0.3) is 0 Å². The van der Waals surface area contributed by atoms with Crippen molar-refractivity contribution in [3.05, 3.63) is 99.6 Å². The van der Waals surface area contributed by atoms with Crippen LogP contribution in [0.1, 0.15) is 59.5 Å². The van der Waals surface area contributed by atoms with Crippen LogP contribution in [-0.4, -0.2) is 73.0 Å². The first-order valence-electron chi connectivity index (χ1n) is 16.8. The number of carbonyl (C=O) groups excluding carboxylic acids is 2. The molecule has 2 fully saturated rings.